The van der Waals surface area contributed by atoms with Gasteiger partial charge in [-0.05, 0) is 47.6 Å². The van der Waals surface area contributed by atoms with E-state index in [9.17, 15) is 4.39 Å². The third kappa shape index (κ3) is 3.92. The summed E-state index contributed by atoms with van der Waals surface area (Å²) in [4.78, 5) is 0. The van der Waals surface area contributed by atoms with E-state index in [1.165, 1.54) is 23.3 Å². The van der Waals surface area contributed by atoms with E-state index in [2.05, 4.69) is 45.0 Å². The Labute approximate surface area is 127 Å². The van der Waals surface area contributed by atoms with Crippen LogP contribution in [-0.2, 0) is 17.4 Å². The molecule has 0 aliphatic heterocycles. The predicted octanol–water partition coefficient (Wildman–Crippen LogP) is 4.54. The maximum Gasteiger partial charge on any atom is 0.123 e. The molecule has 0 amide bonds. The van der Waals surface area contributed by atoms with E-state index >= 15 is 0 Å². The quantitative estimate of drug-likeness (QED) is 0.880. The van der Waals surface area contributed by atoms with Gasteiger partial charge in [0, 0.05) is 5.54 Å². The van der Waals surface area contributed by atoms with E-state index in [1.807, 2.05) is 6.92 Å². The first-order valence-electron chi connectivity index (χ1n) is 7.33. The number of nitrogens with two attached hydrogens (primary N) is 1. The minimum absolute atomic E-state index is 0.154. The molecule has 1 nitrogen and oxygen atoms in total. The molecule has 2 aromatic carbocycles. The Kier molecular flexibility index (Phi) is 4.20. The molecule has 0 aromatic heterocycles. The summed E-state index contributed by atoms with van der Waals surface area (Å²) < 4.78 is 13.0. The second-order valence-electron chi connectivity index (χ2n) is 7.05. The molecule has 0 aliphatic rings. The van der Waals surface area contributed by atoms with Crippen molar-refractivity contribution in [2.24, 2.45) is 5.73 Å². The van der Waals surface area contributed by atoms with Crippen LogP contribution in [0.2, 0.25) is 0 Å². The molecule has 0 spiro atoms. The van der Waals surface area contributed by atoms with Crippen LogP contribution in [0.3, 0.4) is 0 Å². The van der Waals surface area contributed by atoms with Gasteiger partial charge in [0.2, 0.25) is 0 Å². The van der Waals surface area contributed by atoms with Crippen LogP contribution in [0.15, 0.2) is 48.5 Å². The van der Waals surface area contributed by atoms with E-state index in [0.717, 1.165) is 12.0 Å². The van der Waals surface area contributed by atoms with Crippen LogP contribution in [0.1, 0.15) is 44.4 Å². The van der Waals surface area contributed by atoms with Crippen molar-refractivity contribution >= 4 is 0 Å². The standard InChI is InChI=1S/C19H24FN/c1-18(2,3)15-7-5-14(6-8-15)13-19(4,21)16-9-11-17(20)12-10-16/h5-12H,13,21H2,1-4H3. The van der Waals surface area contributed by atoms with Gasteiger partial charge in [0.15, 0.2) is 0 Å². The average Bonchev–Trinajstić information content (AvgIpc) is 2.38. The first-order valence-corrected chi connectivity index (χ1v) is 7.33. The summed E-state index contributed by atoms with van der Waals surface area (Å²) in [5, 5.41) is 0. The fourth-order valence-electron chi connectivity index (χ4n) is 2.48. The van der Waals surface area contributed by atoms with Gasteiger partial charge in [0.1, 0.15) is 5.82 Å². The number of benzene rings is 2. The number of hydrogen-bond donors (Lipinski definition) is 1. The fraction of sp³-hybridized carbons (Fsp3) is 0.368. The van der Waals surface area contributed by atoms with Crippen LogP contribution >= 0.6 is 0 Å². The van der Waals surface area contributed by atoms with Crippen LogP contribution in [0.5, 0.6) is 0 Å². The highest BCUT2D eigenvalue weighted by Gasteiger charge is 2.22. The zero-order valence-electron chi connectivity index (χ0n) is 13.3. The molecule has 1 atom stereocenters. The third-order valence-electron chi connectivity index (χ3n) is 3.90. The molecule has 112 valence electrons. The second-order valence-corrected chi connectivity index (χ2v) is 7.05. The summed E-state index contributed by atoms with van der Waals surface area (Å²) in [7, 11) is 0. The SMILES string of the molecule is CC(C)(C)c1ccc(CC(C)(N)c2ccc(F)cc2)cc1. The normalized spacial score (nSPS) is 14.8. The molecule has 21 heavy (non-hydrogen) atoms. The molecule has 0 fully saturated rings. The predicted molar refractivity (Wildman–Crippen MR) is 86.8 cm³/mol. The molecule has 0 bridgehead atoms. The summed E-state index contributed by atoms with van der Waals surface area (Å²) in [6, 6.07) is 15.0. The number of halogens is 1. The van der Waals surface area contributed by atoms with Gasteiger partial charge in [0.05, 0.1) is 0 Å². The molecular formula is C19H24FN. The first-order chi connectivity index (χ1) is 9.68. The Morgan fingerprint density at radius 1 is 0.810 bits per heavy atom. The van der Waals surface area contributed by atoms with E-state index in [-0.39, 0.29) is 11.2 Å². The minimum Gasteiger partial charge on any atom is -0.321 e. The van der Waals surface area contributed by atoms with Gasteiger partial charge < -0.3 is 5.73 Å². The van der Waals surface area contributed by atoms with Gasteiger partial charge >= 0.3 is 0 Å². The Balaban J connectivity index is 2.18. The van der Waals surface area contributed by atoms with Crippen LogP contribution < -0.4 is 5.73 Å². The highest BCUT2D eigenvalue weighted by molar-refractivity contribution is 5.31. The van der Waals surface area contributed by atoms with Crippen molar-refractivity contribution in [2.75, 3.05) is 0 Å². The monoisotopic (exact) mass is 285 g/mol. The van der Waals surface area contributed by atoms with Gasteiger partial charge in [-0.3, -0.25) is 0 Å². The Bertz CT molecular complexity index is 589. The molecule has 0 saturated carbocycles. The Morgan fingerprint density at radius 2 is 1.29 bits per heavy atom. The molecule has 0 radical (unpaired) electrons. The highest BCUT2D eigenvalue weighted by atomic mass is 19.1. The van der Waals surface area contributed by atoms with Crippen LogP contribution in [0.25, 0.3) is 0 Å². The molecule has 2 heteroatoms. The summed E-state index contributed by atoms with van der Waals surface area (Å²) in [5.74, 6) is -0.232. The summed E-state index contributed by atoms with van der Waals surface area (Å²) >= 11 is 0. The first kappa shape index (κ1) is 15.7. The average molecular weight is 285 g/mol. The lowest BCUT2D eigenvalue weighted by molar-refractivity contribution is 0.489. The molecule has 0 saturated heterocycles. The lowest BCUT2D eigenvalue weighted by atomic mass is 9.83. The van der Waals surface area contributed by atoms with Gasteiger partial charge in [0.25, 0.3) is 0 Å². The zero-order valence-corrected chi connectivity index (χ0v) is 13.3. The van der Waals surface area contributed by atoms with E-state index in [0.29, 0.717) is 0 Å². The van der Waals surface area contributed by atoms with Crippen molar-refractivity contribution in [1.29, 1.82) is 0 Å². The Hall–Kier alpha value is -1.67. The molecule has 0 heterocycles. The maximum absolute atomic E-state index is 13.0. The summed E-state index contributed by atoms with van der Waals surface area (Å²) in [5.41, 5.74) is 9.52. The van der Waals surface area contributed by atoms with Crippen LogP contribution in [0.4, 0.5) is 4.39 Å². The third-order valence-corrected chi connectivity index (χ3v) is 3.90. The van der Waals surface area contributed by atoms with Crippen molar-refractivity contribution in [3.05, 3.63) is 71.0 Å². The smallest absolute Gasteiger partial charge is 0.123 e. The number of hydrogen-bond acceptors (Lipinski definition) is 1. The molecular weight excluding hydrogens is 261 g/mol. The van der Waals surface area contributed by atoms with Gasteiger partial charge in [-0.2, -0.15) is 0 Å². The minimum atomic E-state index is -0.503. The topological polar surface area (TPSA) is 26.0 Å². The largest absolute Gasteiger partial charge is 0.321 e. The lowest BCUT2D eigenvalue weighted by Gasteiger charge is -2.26. The molecule has 2 rings (SSSR count). The number of rotatable bonds is 3. The van der Waals surface area contributed by atoms with Crippen LogP contribution in [0, 0.1) is 5.82 Å². The fourth-order valence-corrected chi connectivity index (χ4v) is 2.48. The highest BCUT2D eigenvalue weighted by Crippen LogP contribution is 2.26. The lowest BCUT2D eigenvalue weighted by Crippen LogP contribution is -2.35. The van der Waals surface area contributed by atoms with Crippen molar-refractivity contribution < 1.29 is 4.39 Å². The van der Waals surface area contributed by atoms with Crippen molar-refractivity contribution in [3.8, 4) is 0 Å². The van der Waals surface area contributed by atoms with Gasteiger partial charge in [-0.1, -0.05) is 57.2 Å². The van der Waals surface area contributed by atoms with E-state index in [1.54, 1.807) is 12.1 Å². The van der Waals surface area contributed by atoms with Gasteiger partial charge in [-0.15, -0.1) is 0 Å². The molecule has 0 aliphatic carbocycles. The van der Waals surface area contributed by atoms with Crippen molar-refractivity contribution in [3.63, 3.8) is 0 Å². The summed E-state index contributed by atoms with van der Waals surface area (Å²) in [6.45, 7) is 8.59. The second kappa shape index (κ2) is 5.61. The van der Waals surface area contributed by atoms with Gasteiger partial charge in [-0.25, -0.2) is 4.39 Å². The van der Waals surface area contributed by atoms with Crippen LogP contribution in [-0.4, -0.2) is 0 Å². The molecule has 2 aromatic rings. The van der Waals surface area contributed by atoms with E-state index in [4.69, 9.17) is 5.73 Å². The summed E-state index contributed by atoms with van der Waals surface area (Å²) in [6.07, 6.45) is 0.725. The zero-order chi connectivity index (χ0) is 15.7. The maximum atomic E-state index is 13.0. The molecule has 1 unspecified atom stereocenters. The van der Waals surface area contributed by atoms with E-state index < -0.39 is 5.54 Å². The van der Waals surface area contributed by atoms with Crippen molar-refractivity contribution in [2.45, 2.75) is 45.1 Å². The van der Waals surface area contributed by atoms with Crippen molar-refractivity contribution in [1.82, 2.24) is 0 Å². The Morgan fingerprint density at radius 3 is 1.76 bits per heavy atom. The molecule has 2 N–H and O–H groups in total.